The van der Waals surface area contributed by atoms with Gasteiger partial charge < -0.3 is 24.3 Å². The molecule has 1 N–H and O–H groups in total. The predicted molar refractivity (Wildman–Crippen MR) is 99.6 cm³/mol. The molecule has 0 bridgehead atoms. The molecule has 3 aliphatic heterocycles. The number of fused-ring (bicyclic) bond motifs is 1. The molecule has 1 aromatic rings. The maximum atomic E-state index is 12.8. The molecule has 2 saturated heterocycles. The number of nitrogens with zero attached hydrogens (tertiary/aromatic N) is 1. The molecule has 0 unspecified atom stereocenters. The highest BCUT2D eigenvalue weighted by Gasteiger charge is 2.47. The van der Waals surface area contributed by atoms with E-state index in [1.54, 1.807) is 12.1 Å². The standard InChI is InChI=1S/C20H24N2O7/c1-26-14-7-5-12-16(17(14)27-2)20(25)29-19(12)22-13(6-8-15(22)23)18(24)21-10-11-4-3-9-28-11/h5,7,11,13,19H,3-4,6,8-10H2,1-2H3,(H,21,24)/t11-,13+,19+/m1/s1. The highest BCUT2D eigenvalue weighted by molar-refractivity contribution is 5.99. The first-order valence-electron chi connectivity index (χ1n) is 9.71. The maximum Gasteiger partial charge on any atom is 0.344 e. The van der Waals surface area contributed by atoms with Crippen molar-refractivity contribution >= 4 is 17.8 Å². The summed E-state index contributed by atoms with van der Waals surface area (Å²) in [6.45, 7) is 1.11. The number of nitrogens with one attached hydrogen (secondary N) is 1. The average molecular weight is 404 g/mol. The van der Waals surface area contributed by atoms with Crippen molar-refractivity contribution in [1.29, 1.82) is 0 Å². The van der Waals surface area contributed by atoms with Gasteiger partial charge >= 0.3 is 5.97 Å². The van der Waals surface area contributed by atoms with Crippen LogP contribution in [0.25, 0.3) is 0 Å². The number of carbonyl (C=O) groups is 3. The SMILES string of the molecule is COc1ccc2c(c1OC)C(=O)O[C@@H]2N1C(=O)CC[C@H]1C(=O)NC[C@H]1CCCO1. The van der Waals surface area contributed by atoms with Crippen molar-refractivity contribution in [2.24, 2.45) is 0 Å². The molecule has 0 aromatic heterocycles. The molecular weight excluding hydrogens is 380 g/mol. The van der Waals surface area contributed by atoms with E-state index < -0.39 is 18.2 Å². The number of esters is 1. The summed E-state index contributed by atoms with van der Waals surface area (Å²) in [7, 11) is 2.90. The Bertz CT molecular complexity index is 834. The van der Waals surface area contributed by atoms with Gasteiger partial charge in [-0.2, -0.15) is 0 Å². The van der Waals surface area contributed by atoms with Crippen LogP contribution in [0.5, 0.6) is 11.5 Å². The van der Waals surface area contributed by atoms with Gasteiger partial charge in [-0.05, 0) is 31.4 Å². The number of amides is 2. The smallest absolute Gasteiger partial charge is 0.344 e. The lowest BCUT2D eigenvalue weighted by Gasteiger charge is -2.29. The van der Waals surface area contributed by atoms with Crippen molar-refractivity contribution in [3.8, 4) is 11.5 Å². The largest absolute Gasteiger partial charge is 0.493 e. The average Bonchev–Trinajstić information content (AvgIpc) is 3.45. The van der Waals surface area contributed by atoms with Gasteiger partial charge in [-0.1, -0.05) is 0 Å². The molecule has 1 aromatic carbocycles. The van der Waals surface area contributed by atoms with Gasteiger partial charge in [0.05, 0.1) is 20.3 Å². The normalized spacial score (nSPS) is 25.7. The van der Waals surface area contributed by atoms with Crippen LogP contribution in [0.1, 0.15) is 47.8 Å². The molecule has 156 valence electrons. The summed E-state index contributed by atoms with van der Waals surface area (Å²) in [4.78, 5) is 39.3. The highest BCUT2D eigenvalue weighted by atomic mass is 16.6. The summed E-state index contributed by atoms with van der Waals surface area (Å²) in [6.07, 6.45) is 1.51. The minimum atomic E-state index is -0.967. The molecule has 3 heterocycles. The molecule has 3 aliphatic rings. The predicted octanol–water partition coefficient (Wildman–Crippen LogP) is 1.16. The Morgan fingerprint density at radius 3 is 2.76 bits per heavy atom. The first-order chi connectivity index (χ1) is 14.0. The number of ether oxygens (including phenoxy) is 4. The lowest BCUT2D eigenvalue weighted by molar-refractivity contribution is -0.145. The third-order valence-corrected chi connectivity index (χ3v) is 5.61. The van der Waals surface area contributed by atoms with Gasteiger partial charge in [0.2, 0.25) is 18.0 Å². The van der Waals surface area contributed by atoms with Gasteiger partial charge in [0, 0.05) is 25.1 Å². The fourth-order valence-electron chi connectivity index (χ4n) is 4.18. The number of carbonyl (C=O) groups excluding carboxylic acids is 3. The van der Waals surface area contributed by atoms with Crippen LogP contribution in [0, 0.1) is 0 Å². The van der Waals surface area contributed by atoms with Crippen molar-refractivity contribution in [3.63, 3.8) is 0 Å². The number of hydrogen-bond acceptors (Lipinski definition) is 7. The second-order valence-corrected chi connectivity index (χ2v) is 7.26. The van der Waals surface area contributed by atoms with E-state index in [9.17, 15) is 14.4 Å². The highest BCUT2D eigenvalue weighted by Crippen LogP contribution is 2.45. The van der Waals surface area contributed by atoms with Gasteiger partial charge in [-0.25, -0.2) is 4.79 Å². The van der Waals surface area contributed by atoms with Crippen LogP contribution in [0.2, 0.25) is 0 Å². The first-order valence-corrected chi connectivity index (χ1v) is 9.71. The minimum Gasteiger partial charge on any atom is -0.493 e. The van der Waals surface area contributed by atoms with Gasteiger partial charge in [0.15, 0.2) is 11.5 Å². The molecule has 9 nitrogen and oxygen atoms in total. The molecule has 2 fully saturated rings. The number of hydrogen-bond donors (Lipinski definition) is 1. The zero-order chi connectivity index (χ0) is 20.5. The van der Waals surface area contributed by atoms with E-state index in [0.29, 0.717) is 30.9 Å². The molecule has 0 aliphatic carbocycles. The van der Waals surface area contributed by atoms with Crippen molar-refractivity contribution < 1.29 is 33.3 Å². The van der Waals surface area contributed by atoms with E-state index in [2.05, 4.69) is 5.32 Å². The Morgan fingerprint density at radius 1 is 1.24 bits per heavy atom. The Hall–Kier alpha value is -2.81. The van der Waals surface area contributed by atoms with Gasteiger partial charge in [-0.3, -0.25) is 14.5 Å². The van der Waals surface area contributed by atoms with E-state index in [-0.39, 0.29) is 35.7 Å². The first kappa shape index (κ1) is 19.5. The summed E-state index contributed by atoms with van der Waals surface area (Å²) >= 11 is 0. The van der Waals surface area contributed by atoms with Crippen LogP contribution in [0.15, 0.2) is 12.1 Å². The lowest BCUT2D eigenvalue weighted by atomic mass is 10.1. The molecule has 0 spiro atoms. The summed E-state index contributed by atoms with van der Waals surface area (Å²) in [5.74, 6) is -0.469. The fourth-order valence-corrected chi connectivity index (χ4v) is 4.18. The lowest BCUT2D eigenvalue weighted by Crippen LogP contribution is -2.47. The monoisotopic (exact) mass is 404 g/mol. The van der Waals surface area contributed by atoms with E-state index in [1.165, 1.54) is 19.1 Å². The van der Waals surface area contributed by atoms with E-state index in [4.69, 9.17) is 18.9 Å². The number of benzene rings is 1. The number of methoxy groups -OCH3 is 2. The quantitative estimate of drug-likeness (QED) is 0.710. The summed E-state index contributed by atoms with van der Waals surface area (Å²) in [5.41, 5.74) is 0.704. The van der Waals surface area contributed by atoms with Crippen molar-refractivity contribution in [1.82, 2.24) is 10.2 Å². The second kappa shape index (κ2) is 7.90. The van der Waals surface area contributed by atoms with Gasteiger partial charge in [-0.15, -0.1) is 0 Å². The van der Waals surface area contributed by atoms with E-state index in [0.717, 1.165) is 12.8 Å². The zero-order valence-electron chi connectivity index (χ0n) is 16.4. The second-order valence-electron chi connectivity index (χ2n) is 7.26. The summed E-state index contributed by atoms with van der Waals surface area (Å²) in [6, 6.07) is 2.61. The topological polar surface area (TPSA) is 103 Å². The Kier molecular flexibility index (Phi) is 5.31. The molecular formula is C20H24N2O7. The third kappa shape index (κ3) is 3.39. The summed E-state index contributed by atoms with van der Waals surface area (Å²) in [5, 5.41) is 2.87. The Morgan fingerprint density at radius 2 is 2.07 bits per heavy atom. The molecule has 2 amide bonds. The molecule has 9 heteroatoms. The van der Waals surface area contributed by atoms with Crippen LogP contribution in [-0.2, 0) is 19.1 Å². The molecule has 29 heavy (non-hydrogen) atoms. The van der Waals surface area contributed by atoms with Gasteiger partial charge in [0.25, 0.3) is 0 Å². The zero-order valence-corrected chi connectivity index (χ0v) is 16.4. The van der Waals surface area contributed by atoms with Crippen molar-refractivity contribution in [2.45, 2.75) is 44.1 Å². The van der Waals surface area contributed by atoms with Crippen LogP contribution in [-0.4, -0.2) is 62.2 Å². The van der Waals surface area contributed by atoms with Crippen molar-refractivity contribution in [3.05, 3.63) is 23.3 Å². The maximum absolute atomic E-state index is 12.8. The fraction of sp³-hybridized carbons (Fsp3) is 0.550. The molecule has 3 atom stereocenters. The third-order valence-electron chi connectivity index (χ3n) is 5.61. The van der Waals surface area contributed by atoms with Crippen molar-refractivity contribution in [2.75, 3.05) is 27.4 Å². The van der Waals surface area contributed by atoms with Crippen LogP contribution < -0.4 is 14.8 Å². The number of cyclic esters (lactones) is 1. The number of rotatable bonds is 6. The van der Waals surface area contributed by atoms with Crippen LogP contribution in [0.3, 0.4) is 0 Å². The molecule has 0 saturated carbocycles. The minimum absolute atomic E-state index is 0.00580. The van der Waals surface area contributed by atoms with Crippen LogP contribution in [0.4, 0.5) is 0 Å². The molecule has 0 radical (unpaired) electrons. The van der Waals surface area contributed by atoms with E-state index in [1.807, 2.05) is 0 Å². The number of likely N-dealkylation sites (tertiary alicyclic amines) is 1. The Balaban J connectivity index is 1.58. The summed E-state index contributed by atoms with van der Waals surface area (Å²) < 4.78 is 21.6. The van der Waals surface area contributed by atoms with E-state index >= 15 is 0 Å². The molecule has 4 rings (SSSR count). The van der Waals surface area contributed by atoms with Gasteiger partial charge in [0.1, 0.15) is 11.6 Å². The van der Waals surface area contributed by atoms with Crippen LogP contribution >= 0.6 is 0 Å². The Labute approximate surface area is 168 Å².